The fraction of sp³-hybridized carbons (Fsp3) is 0.556. The van der Waals surface area contributed by atoms with Gasteiger partial charge in [0.15, 0.2) is 4.77 Å². The zero-order valence-corrected chi connectivity index (χ0v) is 8.45. The monoisotopic (exact) mass is 195 g/mol. The number of hydrogen-bond acceptors (Lipinski definition) is 3. The highest BCUT2D eigenvalue weighted by atomic mass is 32.1. The van der Waals surface area contributed by atoms with Crippen LogP contribution in [0.4, 0.5) is 0 Å². The van der Waals surface area contributed by atoms with Crippen molar-refractivity contribution < 1.29 is 0 Å². The molecule has 1 heterocycles. The van der Waals surface area contributed by atoms with E-state index in [0.717, 1.165) is 6.42 Å². The van der Waals surface area contributed by atoms with E-state index >= 15 is 0 Å². The molecular formula is C9H13N3S. The fourth-order valence-electron chi connectivity index (χ4n) is 1.87. The highest BCUT2D eigenvalue weighted by molar-refractivity contribution is 7.71. The Morgan fingerprint density at radius 2 is 2.54 bits per heavy atom. The van der Waals surface area contributed by atoms with E-state index in [-0.39, 0.29) is 0 Å². The van der Waals surface area contributed by atoms with Crippen LogP contribution in [0.5, 0.6) is 0 Å². The lowest BCUT2D eigenvalue weighted by Gasteiger charge is -2.23. The number of nitrogens with zero attached hydrogens (tertiary/aromatic N) is 1. The fourth-order valence-corrected chi connectivity index (χ4v) is 2.04. The van der Waals surface area contributed by atoms with Gasteiger partial charge in [-0.2, -0.15) is 0 Å². The largest absolute Gasteiger partial charge is 0.333 e. The summed E-state index contributed by atoms with van der Waals surface area (Å²) >= 11 is 5.00. The van der Waals surface area contributed by atoms with Crippen molar-refractivity contribution in [3.8, 4) is 0 Å². The number of nitrogens with one attached hydrogen (secondary N) is 2. The molecule has 1 aliphatic carbocycles. The van der Waals surface area contributed by atoms with Gasteiger partial charge < -0.3 is 10.3 Å². The third kappa shape index (κ3) is 1.64. The second kappa shape index (κ2) is 3.55. The molecular weight excluding hydrogens is 182 g/mol. The molecule has 0 bridgehead atoms. The molecule has 1 aromatic heterocycles. The number of aromatic nitrogens is 2. The Hall–Kier alpha value is -0.740. The van der Waals surface area contributed by atoms with Crippen molar-refractivity contribution in [2.45, 2.75) is 25.3 Å². The van der Waals surface area contributed by atoms with E-state index in [2.05, 4.69) is 15.3 Å². The van der Waals surface area contributed by atoms with Crippen LogP contribution in [-0.4, -0.2) is 17.0 Å². The molecule has 1 aliphatic rings. The van der Waals surface area contributed by atoms with Crippen molar-refractivity contribution in [1.29, 1.82) is 0 Å². The van der Waals surface area contributed by atoms with Gasteiger partial charge in [0.25, 0.3) is 0 Å². The van der Waals surface area contributed by atoms with E-state index < -0.39 is 0 Å². The first kappa shape index (κ1) is 8.84. The summed E-state index contributed by atoms with van der Waals surface area (Å²) in [4.78, 5) is 7.26. The zero-order chi connectivity index (χ0) is 9.26. The van der Waals surface area contributed by atoms with Gasteiger partial charge in [-0.1, -0.05) is 0 Å². The van der Waals surface area contributed by atoms with Crippen LogP contribution in [0, 0.1) is 4.77 Å². The van der Waals surface area contributed by atoms with Crippen LogP contribution >= 0.6 is 12.2 Å². The Balaban J connectivity index is 2.47. The van der Waals surface area contributed by atoms with Gasteiger partial charge in [0.2, 0.25) is 0 Å². The lowest BCUT2D eigenvalue weighted by Crippen LogP contribution is -2.23. The molecule has 0 amide bonds. The molecule has 70 valence electrons. The molecule has 0 saturated heterocycles. The zero-order valence-electron chi connectivity index (χ0n) is 7.63. The van der Waals surface area contributed by atoms with Crippen LogP contribution in [0.25, 0.3) is 0 Å². The van der Waals surface area contributed by atoms with Crippen LogP contribution in [-0.2, 0) is 6.42 Å². The molecule has 0 saturated carbocycles. The Bertz CT molecular complexity index is 358. The van der Waals surface area contributed by atoms with Crippen LogP contribution in [0.15, 0.2) is 6.20 Å². The number of aryl methyl sites for hydroxylation is 1. The number of fused-ring (bicyclic) bond motifs is 1. The maximum Gasteiger partial charge on any atom is 0.197 e. The third-order valence-electron chi connectivity index (χ3n) is 2.56. The van der Waals surface area contributed by atoms with Gasteiger partial charge in [-0.05, 0) is 44.1 Å². The average molecular weight is 195 g/mol. The van der Waals surface area contributed by atoms with Crippen LogP contribution < -0.4 is 5.32 Å². The number of H-pyrrole nitrogens is 1. The minimum atomic E-state index is 0.424. The van der Waals surface area contributed by atoms with Gasteiger partial charge in [0.1, 0.15) is 0 Å². The summed E-state index contributed by atoms with van der Waals surface area (Å²) in [5.74, 6) is 0. The summed E-state index contributed by atoms with van der Waals surface area (Å²) in [7, 11) is 1.98. The Morgan fingerprint density at radius 1 is 1.69 bits per heavy atom. The first-order valence-electron chi connectivity index (χ1n) is 4.56. The van der Waals surface area contributed by atoms with E-state index in [0.29, 0.717) is 10.8 Å². The van der Waals surface area contributed by atoms with Crippen molar-refractivity contribution in [1.82, 2.24) is 15.3 Å². The van der Waals surface area contributed by atoms with Gasteiger partial charge in [-0.25, -0.2) is 4.98 Å². The standard InChI is InChI=1S/C9H13N3S/c1-10-7-4-2-3-6-5-11-9(13)12-8(6)7/h5,7,10H,2-4H2,1H3,(H,11,12,13). The predicted octanol–water partition coefficient (Wildman–Crippen LogP) is 1.74. The number of rotatable bonds is 1. The lowest BCUT2D eigenvalue weighted by atomic mass is 9.93. The highest BCUT2D eigenvalue weighted by Crippen LogP contribution is 2.26. The van der Waals surface area contributed by atoms with E-state index in [1.165, 1.54) is 24.1 Å². The topological polar surface area (TPSA) is 40.7 Å². The minimum Gasteiger partial charge on any atom is -0.333 e. The smallest absolute Gasteiger partial charge is 0.197 e. The van der Waals surface area contributed by atoms with Gasteiger partial charge in [0.05, 0.1) is 0 Å². The van der Waals surface area contributed by atoms with E-state index in [9.17, 15) is 0 Å². The highest BCUT2D eigenvalue weighted by Gasteiger charge is 2.18. The molecule has 0 spiro atoms. The van der Waals surface area contributed by atoms with E-state index in [1.54, 1.807) is 0 Å². The van der Waals surface area contributed by atoms with Gasteiger partial charge in [-0.15, -0.1) is 0 Å². The first-order valence-corrected chi connectivity index (χ1v) is 4.97. The number of aromatic amines is 1. The SMILES string of the molecule is CNC1CCCc2cnc(=S)[nH]c21. The summed E-state index contributed by atoms with van der Waals surface area (Å²) in [6.07, 6.45) is 5.42. The predicted molar refractivity (Wildman–Crippen MR) is 54.2 cm³/mol. The summed E-state index contributed by atoms with van der Waals surface area (Å²) in [5, 5.41) is 3.28. The molecule has 1 unspecified atom stereocenters. The maximum atomic E-state index is 5.00. The second-order valence-corrected chi connectivity index (χ2v) is 3.75. The van der Waals surface area contributed by atoms with Gasteiger partial charge >= 0.3 is 0 Å². The summed E-state index contributed by atoms with van der Waals surface area (Å²) in [6, 6.07) is 0.424. The summed E-state index contributed by atoms with van der Waals surface area (Å²) in [5.41, 5.74) is 2.54. The molecule has 1 aromatic rings. The maximum absolute atomic E-state index is 5.00. The molecule has 13 heavy (non-hydrogen) atoms. The Kier molecular flexibility index (Phi) is 2.42. The Morgan fingerprint density at radius 3 is 3.31 bits per heavy atom. The summed E-state index contributed by atoms with van der Waals surface area (Å²) < 4.78 is 0.584. The van der Waals surface area contributed by atoms with Crippen molar-refractivity contribution in [2.24, 2.45) is 0 Å². The minimum absolute atomic E-state index is 0.424. The van der Waals surface area contributed by atoms with E-state index in [1.807, 2.05) is 13.2 Å². The van der Waals surface area contributed by atoms with Crippen molar-refractivity contribution >= 4 is 12.2 Å². The molecule has 0 fully saturated rings. The van der Waals surface area contributed by atoms with Crippen molar-refractivity contribution in [2.75, 3.05) is 7.05 Å². The molecule has 2 N–H and O–H groups in total. The van der Waals surface area contributed by atoms with Crippen LogP contribution in [0.3, 0.4) is 0 Å². The quantitative estimate of drug-likeness (QED) is 0.671. The third-order valence-corrected chi connectivity index (χ3v) is 2.77. The molecule has 0 aromatic carbocycles. The van der Waals surface area contributed by atoms with Crippen LogP contribution in [0.1, 0.15) is 30.1 Å². The lowest BCUT2D eigenvalue weighted by molar-refractivity contribution is 0.480. The average Bonchev–Trinajstić information content (AvgIpc) is 2.17. The summed E-state index contributed by atoms with van der Waals surface area (Å²) in [6.45, 7) is 0. The molecule has 3 nitrogen and oxygen atoms in total. The van der Waals surface area contributed by atoms with Crippen LogP contribution in [0.2, 0.25) is 0 Å². The molecule has 0 radical (unpaired) electrons. The van der Waals surface area contributed by atoms with Crippen molar-refractivity contribution in [3.05, 3.63) is 22.2 Å². The number of hydrogen-bond donors (Lipinski definition) is 2. The van der Waals surface area contributed by atoms with E-state index in [4.69, 9.17) is 12.2 Å². The Labute approximate surface area is 82.6 Å². The normalized spacial score (nSPS) is 21.2. The molecule has 2 rings (SSSR count). The molecule has 0 aliphatic heterocycles. The second-order valence-electron chi connectivity index (χ2n) is 3.36. The first-order chi connectivity index (χ1) is 6.31. The van der Waals surface area contributed by atoms with Crippen molar-refractivity contribution in [3.63, 3.8) is 0 Å². The van der Waals surface area contributed by atoms with Gasteiger partial charge in [0, 0.05) is 17.9 Å². The molecule has 4 heteroatoms. The van der Waals surface area contributed by atoms with Gasteiger partial charge in [-0.3, -0.25) is 0 Å². The molecule has 1 atom stereocenters.